The summed E-state index contributed by atoms with van der Waals surface area (Å²) in [5.41, 5.74) is 10.4. The van der Waals surface area contributed by atoms with Gasteiger partial charge >= 0.3 is 0 Å². The zero-order chi connectivity index (χ0) is 23.7. The largest absolute Gasteiger partial charge is 0.491 e. The molecular formula is C25H31ClN6O2. The Morgan fingerprint density at radius 1 is 1.18 bits per heavy atom. The third-order valence-electron chi connectivity index (χ3n) is 6.88. The molecule has 5 rings (SSSR count). The number of piperidine rings is 1. The van der Waals surface area contributed by atoms with E-state index in [9.17, 15) is 0 Å². The van der Waals surface area contributed by atoms with Gasteiger partial charge in [0, 0.05) is 36.0 Å². The molecule has 0 aliphatic carbocycles. The van der Waals surface area contributed by atoms with E-state index in [4.69, 9.17) is 31.8 Å². The molecule has 0 radical (unpaired) electrons. The molecule has 4 aromatic heterocycles. The van der Waals surface area contributed by atoms with Crippen LogP contribution in [-0.4, -0.2) is 64.8 Å². The number of methoxy groups -OCH3 is 2. The molecule has 4 aromatic rings. The van der Waals surface area contributed by atoms with Crippen LogP contribution in [0, 0.1) is 5.92 Å². The van der Waals surface area contributed by atoms with Gasteiger partial charge < -0.3 is 29.7 Å². The molecule has 0 atom stereocenters. The first-order valence-corrected chi connectivity index (χ1v) is 12.2. The Bertz CT molecular complexity index is 1290. The van der Waals surface area contributed by atoms with Crippen molar-refractivity contribution < 1.29 is 9.47 Å². The average molecular weight is 483 g/mol. The first-order valence-electron chi connectivity index (χ1n) is 11.8. The number of likely N-dealkylation sites (tertiary alicyclic amines) is 1. The smallest absolute Gasteiger partial charge is 0.257 e. The van der Waals surface area contributed by atoms with Crippen molar-refractivity contribution in [3.05, 3.63) is 35.6 Å². The lowest BCUT2D eigenvalue weighted by Gasteiger charge is -2.31. The van der Waals surface area contributed by atoms with Crippen LogP contribution >= 0.6 is 11.6 Å². The summed E-state index contributed by atoms with van der Waals surface area (Å²) in [6, 6.07) is 5.84. The molecule has 1 saturated heterocycles. The standard InChI is InChI=1S/C25H31ClN6O2/c1-33-22-13-21-23(30-25(22)34-2)18(20-12-17-19(26)4-7-28-24(17)29-20)15-32(21)9-3-8-31-10-5-16(14-27)6-11-31/h4,7,12-13,15-16H,3,5-6,8-11,14,27H2,1-2H3,(H,28,29). The second-order valence-corrected chi connectivity index (χ2v) is 9.32. The molecule has 1 aliphatic rings. The summed E-state index contributed by atoms with van der Waals surface area (Å²) in [6.07, 6.45) is 7.30. The maximum absolute atomic E-state index is 6.40. The number of pyridine rings is 2. The highest BCUT2D eigenvalue weighted by Crippen LogP contribution is 2.37. The van der Waals surface area contributed by atoms with Crippen molar-refractivity contribution >= 4 is 33.7 Å². The number of aromatic amines is 1. The Hall–Kier alpha value is -2.81. The number of aryl methyl sites for hydroxylation is 1. The van der Waals surface area contributed by atoms with E-state index >= 15 is 0 Å². The molecule has 1 fully saturated rings. The van der Waals surface area contributed by atoms with E-state index in [2.05, 4.69) is 25.6 Å². The quantitative estimate of drug-likeness (QED) is 0.388. The third kappa shape index (κ3) is 4.33. The van der Waals surface area contributed by atoms with Crippen LogP contribution in [0.4, 0.5) is 0 Å². The van der Waals surface area contributed by atoms with Crippen molar-refractivity contribution in [3.8, 4) is 22.9 Å². The summed E-state index contributed by atoms with van der Waals surface area (Å²) in [6.45, 7) is 5.02. The van der Waals surface area contributed by atoms with E-state index in [1.54, 1.807) is 26.5 Å². The minimum Gasteiger partial charge on any atom is -0.491 e. The summed E-state index contributed by atoms with van der Waals surface area (Å²) in [4.78, 5) is 15.2. The number of halogens is 1. The molecule has 5 heterocycles. The molecule has 8 nitrogen and oxygen atoms in total. The maximum Gasteiger partial charge on any atom is 0.257 e. The lowest BCUT2D eigenvalue weighted by Crippen LogP contribution is -2.36. The van der Waals surface area contributed by atoms with Crippen LogP contribution in [0.3, 0.4) is 0 Å². The summed E-state index contributed by atoms with van der Waals surface area (Å²) < 4.78 is 13.3. The fraction of sp³-hybridized carbons (Fsp3) is 0.440. The van der Waals surface area contributed by atoms with Crippen LogP contribution in [0.25, 0.3) is 33.3 Å². The van der Waals surface area contributed by atoms with Gasteiger partial charge in [0.25, 0.3) is 5.88 Å². The van der Waals surface area contributed by atoms with Gasteiger partial charge in [0.05, 0.1) is 30.5 Å². The molecule has 180 valence electrons. The summed E-state index contributed by atoms with van der Waals surface area (Å²) >= 11 is 6.40. The second kappa shape index (κ2) is 9.82. The second-order valence-electron chi connectivity index (χ2n) is 8.92. The molecule has 0 spiro atoms. The van der Waals surface area contributed by atoms with Gasteiger partial charge in [0.2, 0.25) is 0 Å². The zero-order valence-electron chi connectivity index (χ0n) is 19.7. The molecule has 1 aliphatic heterocycles. The van der Waals surface area contributed by atoms with Gasteiger partial charge in [0.15, 0.2) is 5.75 Å². The number of hydrogen-bond donors (Lipinski definition) is 2. The molecular weight excluding hydrogens is 452 g/mol. The molecule has 0 saturated carbocycles. The lowest BCUT2D eigenvalue weighted by atomic mass is 9.97. The van der Waals surface area contributed by atoms with Gasteiger partial charge in [-0.25, -0.2) is 9.97 Å². The number of fused-ring (bicyclic) bond motifs is 2. The third-order valence-corrected chi connectivity index (χ3v) is 7.21. The van der Waals surface area contributed by atoms with Crippen LogP contribution in [0.1, 0.15) is 19.3 Å². The number of H-pyrrole nitrogens is 1. The number of rotatable bonds is 8. The number of nitrogens with one attached hydrogen (secondary N) is 1. The van der Waals surface area contributed by atoms with Crippen molar-refractivity contribution in [2.75, 3.05) is 40.4 Å². The summed E-state index contributed by atoms with van der Waals surface area (Å²) in [5, 5.41) is 1.56. The monoisotopic (exact) mass is 482 g/mol. The number of ether oxygens (including phenoxy) is 2. The highest BCUT2D eigenvalue weighted by atomic mass is 35.5. The van der Waals surface area contributed by atoms with Gasteiger partial charge in [-0.15, -0.1) is 0 Å². The molecule has 9 heteroatoms. The predicted molar refractivity (Wildman–Crippen MR) is 136 cm³/mol. The van der Waals surface area contributed by atoms with Crippen LogP contribution in [0.15, 0.2) is 30.6 Å². The van der Waals surface area contributed by atoms with Crippen molar-refractivity contribution in [2.45, 2.75) is 25.8 Å². The number of nitrogens with zero attached hydrogens (tertiary/aromatic N) is 4. The Kier molecular flexibility index (Phi) is 6.63. The van der Waals surface area contributed by atoms with E-state index in [1.165, 1.54) is 12.8 Å². The molecule has 3 N–H and O–H groups in total. The highest BCUT2D eigenvalue weighted by molar-refractivity contribution is 6.35. The summed E-state index contributed by atoms with van der Waals surface area (Å²) in [7, 11) is 3.24. The van der Waals surface area contributed by atoms with E-state index in [0.29, 0.717) is 22.6 Å². The van der Waals surface area contributed by atoms with E-state index < -0.39 is 0 Å². The van der Waals surface area contributed by atoms with Gasteiger partial charge in [-0.3, -0.25) is 0 Å². The molecule has 0 amide bonds. The lowest BCUT2D eigenvalue weighted by molar-refractivity contribution is 0.183. The van der Waals surface area contributed by atoms with Crippen LogP contribution in [0.5, 0.6) is 11.6 Å². The van der Waals surface area contributed by atoms with Gasteiger partial charge in [-0.05, 0) is 63.5 Å². The molecule has 0 aromatic carbocycles. The Morgan fingerprint density at radius 3 is 2.71 bits per heavy atom. The molecule has 0 bridgehead atoms. The van der Waals surface area contributed by atoms with Crippen molar-refractivity contribution in [1.82, 2.24) is 24.4 Å². The average Bonchev–Trinajstić information content (AvgIpc) is 3.46. The van der Waals surface area contributed by atoms with E-state index in [1.807, 2.05) is 12.1 Å². The topological polar surface area (TPSA) is 94.2 Å². The van der Waals surface area contributed by atoms with Crippen molar-refractivity contribution in [2.24, 2.45) is 11.7 Å². The first-order chi connectivity index (χ1) is 16.6. The Labute approximate surface area is 204 Å². The van der Waals surface area contributed by atoms with E-state index in [-0.39, 0.29) is 0 Å². The van der Waals surface area contributed by atoms with Gasteiger partial charge in [-0.1, -0.05) is 11.6 Å². The number of hydrogen-bond acceptors (Lipinski definition) is 6. The highest BCUT2D eigenvalue weighted by Gasteiger charge is 2.20. The van der Waals surface area contributed by atoms with Crippen LogP contribution in [-0.2, 0) is 6.54 Å². The Balaban J connectivity index is 1.47. The predicted octanol–water partition coefficient (Wildman–Crippen LogP) is 4.31. The normalized spacial score (nSPS) is 15.4. The number of aromatic nitrogens is 4. The molecule has 34 heavy (non-hydrogen) atoms. The zero-order valence-corrected chi connectivity index (χ0v) is 20.4. The van der Waals surface area contributed by atoms with E-state index in [0.717, 1.165) is 72.5 Å². The SMILES string of the molecule is COc1cc2c(nc1OC)c(-c1cc3c(Cl)ccnc3[nH]1)cn2CCCN1CCC(CN)CC1. The Morgan fingerprint density at radius 2 is 2.00 bits per heavy atom. The first kappa shape index (κ1) is 23.0. The van der Waals surface area contributed by atoms with Crippen LogP contribution < -0.4 is 15.2 Å². The van der Waals surface area contributed by atoms with Crippen LogP contribution in [0.2, 0.25) is 5.02 Å². The van der Waals surface area contributed by atoms with Gasteiger partial charge in [0.1, 0.15) is 11.2 Å². The molecule has 0 unspecified atom stereocenters. The minimum atomic E-state index is 0.462. The fourth-order valence-corrected chi connectivity index (χ4v) is 5.10. The van der Waals surface area contributed by atoms with Crippen molar-refractivity contribution in [1.29, 1.82) is 0 Å². The fourth-order valence-electron chi connectivity index (χ4n) is 4.90. The maximum atomic E-state index is 6.40. The minimum absolute atomic E-state index is 0.462. The number of nitrogens with two attached hydrogens (primary N) is 1. The van der Waals surface area contributed by atoms with Crippen molar-refractivity contribution in [3.63, 3.8) is 0 Å². The van der Waals surface area contributed by atoms with Gasteiger partial charge in [-0.2, -0.15) is 0 Å². The summed E-state index contributed by atoms with van der Waals surface area (Å²) in [5.74, 6) is 1.76.